The van der Waals surface area contributed by atoms with Crippen molar-refractivity contribution in [2.75, 3.05) is 5.32 Å². The Morgan fingerprint density at radius 1 is 1.19 bits per heavy atom. The van der Waals surface area contributed by atoms with Crippen LogP contribution in [0.4, 0.5) is 18.9 Å². The summed E-state index contributed by atoms with van der Waals surface area (Å²) >= 11 is 6.85. The molecule has 0 radical (unpaired) electrons. The zero-order valence-electron chi connectivity index (χ0n) is 16.4. The van der Waals surface area contributed by atoms with E-state index in [1.807, 2.05) is 34.9 Å². The Bertz CT molecular complexity index is 1100. The molecule has 0 aliphatic heterocycles. The molecule has 0 saturated heterocycles. The van der Waals surface area contributed by atoms with Gasteiger partial charge in [0, 0.05) is 16.6 Å². The molecule has 1 atom stereocenters. The lowest BCUT2D eigenvalue weighted by molar-refractivity contribution is -0.137. The van der Waals surface area contributed by atoms with E-state index in [0.717, 1.165) is 48.2 Å². The zero-order valence-corrected chi connectivity index (χ0v) is 17.9. The van der Waals surface area contributed by atoms with Crippen molar-refractivity contribution in [1.29, 1.82) is 0 Å². The van der Waals surface area contributed by atoms with Crippen molar-refractivity contribution in [2.24, 2.45) is 0 Å². The Labute approximate surface area is 186 Å². The van der Waals surface area contributed by atoms with Crippen molar-refractivity contribution in [1.82, 2.24) is 14.8 Å². The van der Waals surface area contributed by atoms with Crippen LogP contribution < -0.4 is 5.32 Å². The van der Waals surface area contributed by atoms with Crippen LogP contribution in [0.25, 0.3) is 5.69 Å². The van der Waals surface area contributed by atoms with E-state index in [1.54, 1.807) is 6.92 Å². The minimum absolute atomic E-state index is 0.0590. The van der Waals surface area contributed by atoms with E-state index >= 15 is 0 Å². The van der Waals surface area contributed by atoms with Gasteiger partial charge in [0.15, 0.2) is 5.16 Å². The minimum Gasteiger partial charge on any atom is -0.325 e. The highest BCUT2D eigenvalue weighted by Crippen LogP contribution is 2.42. The maximum Gasteiger partial charge on any atom is 0.418 e. The van der Waals surface area contributed by atoms with Crippen LogP contribution in [0, 0.1) is 0 Å². The SMILES string of the molecule is CC(Sc1nnc(C2CC2)n1-c1ccccc1)C(=O)Nc1ccc(Cl)cc1C(F)(F)F. The fraction of sp³-hybridized carbons (Fsp3) is 0.286. The molecule has 1 saturated carbocycles. The van der Waals surface area contributed by atoms with Gasteiger partial charge in [-0.05, 0) is 50.1 Å². The summed E-state index contributed by atoms with van der Waals surface area (Å²) in [6.07, 6.45) is -2.58. The normalized spacial score (nSPS) is 15.0. The Hall–Kier alpha value is -2.52. The Balaban J connectivity index is 1.56. The van der Waals surface area contributed by atoms with Crippen LogP contribution in [0.1, 0.15) is 37.1 Å². The molecule has 2 aromatic carbocycles. The fourth-order valence-electron chi connectivity index (χ4n) is 3.09. The topological polar surface area (TPSA) is 59.8 Å². The first-order chi connectivity index (χ1) is 14.7. The van der Waals surface area contributed by atoms with Gasteiger partial charge in [-0.1, -0.05) is 41.6 Å². The number of benzene rings is 2. The van der Waals surface area contributed by atoms with Crippen LogP contribution >= 0.6 is 23.4 Å². The molecule has 162 valence electrons. The van der Waals surface area contributed by atoms with Gasteiger partial charge in [0.1, 0.15) is 5.82 Å². The summed E-state index contributed by atoms with van der Waals surface area (Å²) in [5, 5.41) is 10.7. The van der Waals surface area contributed by atoms with Gasteiger partial charge in [-0.15, -0.1) is 10.2 Å². The number of aromatic nitrogens is 3. The number of para-hydroxylation sites is 1. The largest absolute Gasteiger partial charge is 0.418 e. The van der Waals surface area contributed by atoms with Crippen LogP contribution in [0.15, 0.2) is 53.7 Å². The number of anilines is 1. The first-order valence-electron chi connectivity index (χ1n) is 9.59. The highest BCUT2D eigenvalue weighted by atomic mass is 35.5. The van der Waals surface area contributed by atoms with E-state index in [1.165, 1.54) is 6.07 Å². The molecule has 3 aromatic rings. The van der Waals surface area contributed by atoms with E-state index in [0.29, 0.717) is 11.1 Å². The summed E-state index contributed by atoms with van der Waals surface area (Å²) < 4.78 is 41.9. The molecule has 1 aliphatic carbocycles. The van der Waals surface area contributed by atoms with Crippen LogP contribution in [-0.2, 0) is 11.0 Å². The van der Waals surface area contributed by atoms with E-state index in [-0.39, 0.29) is 10.7 Å². The third-order valence-corrected chi connectivity index (χ3v) is 6.09. The predicted octanol–water partition coefficient (Wildman–Crippen LogP) is 5.94. The monoisotopic (exact) mass is 466 g/mol. The third-order valence-electron chi connectivity index (χ3n) is 4.81. The lowest BCUT2D eigenvalue weighted by Gasteiger charge is -2.17. The molecule has 1 heterocycles. The molecule has 5 nitrogen and oxygen atoms in total. The van der Waals surface area contributed by atoms with Crippen LogP contribution in [-0.4, -0.2) is 25.9 Å². The van der Waals surface area contributed by atoms with Gasteiger partial charge < -0.3 is 5.32 Å². The number of amides is 1. The van der Waals surface area contributed by atoms with Crippen LogP contribution in [0.2, 0.25) is 5.02 Å². The molecule has 0 spiro atoms. The standard InChI is InChI=1S/C21H18ClF3N4OS/c1-12(19(30)26-17-10-9-14(22)11-16(17)21(23,24)25)31-20-28-27-18(13-7-8-13)29(20)15-5-3-2-4-6-15/h2-6,9-13H,7-8H2,1H3,(H,26,30). The molecule has 1 aliphatic rings. The minimum atomic E-state index is -4.64. The Morgan fingerprint density at radius 3 is 2.55 bits per heavy atom. The number of carbonyl (C=O) groups excluding carboxylic acids is 1. The van der Waals surface area contributed by atoms with E-state index < -0.39 is 22.9 Å². The second-order valence-electron chi connectivity index (χ2n) is 7.22. The number of nitrogens with zero attached hydrogens (tertiary/aromatic N) is 3. The summed E-state index contributed by atoms with van der Waals surface area (Å²) in [4.78, 5) is 12.7. The molecule has 10 heteroatoms. The molecule has 1 aromatic heterocycles. The Morgan fingerprint density at radius 2 is 1.90 bits per heavy atom. The Kier molecular flexibility index (Phi) is 5.98. The molecule has 1 fully saturated rings. The molecule has 1 unspecified atom stereocenters. The quantitative estimate of drug-likeness (QED) is 0.457. The number of rotatable bonds is 6. The highest BCUT2D eigenvalue weighted by molar-refractivity contribution is 8.00. The zero-order chi connectivity index (χ0) is 22.2. The number of alkyl halides is 3. The van der Waals surface area contributed by atoms with E-state index in [4.69, 9.17) is 11.6 Å². The van der Waals surface area contributed by atoms with Crippen LogP contribution in [0.5, 0.6) is 0 Å². The second-order valence-corrected chi connectivity index (χ2v) is 8.97. The van der Waals surface area contributed by atoms with Gasteiger partial charge in [0.25, 0.3) is 0 Å². The maximum absolute atomic E-state index is 13.3. The summed E-state index contributed by atoms with van der Waals surface area (Å²) in [5.74, 6) is 0.585. The second kappa shape index (κ2) is 8.55. The highest BCUT2D eigenvalue weighted by Gasteiger charge is 2.35. The van der Waals surface area contributed by atoms with Crippen molar-refractivity contribution in [3.63, 3.8) is 0 Å². The lowest BCUT2D eigenvalue weighted by Crippen LogP contribution is -2.24. The van der Waals surface area contributed by atoms with Crippen molar-refractivity contribution in [2.45, 2.75) is 42.3 Å². The maximum atomic E-state index is 13.3. The van der Waals surface area contributed by atoms with E-state index in [9.17, 15) is 18.0 Å². The van der Waals surface area contributed by atoms with Gasteiger partial charge in [-0.25, -0.2) is 0 Å². The number of carbonyl (C=O) groups is 1. The molecule has 1 N–H and O–H groups in total. The number of halogens is 4. The summed E-state index contributed by atoms with van der Waals surface area (Å²) in [7, 11) is 0. The fourth-order valence-corrected chi connectivity index (χ4v) is 4.14. The third kappa shape index (κ3) is 4.88. The molecule has 1 amide bonds. The predicted molar refractivity (Wildman–Crippen MR) is 114 cm³/mol. The first kappa shape index (κ1) is 21.7. The van der Waals surface area contributed by atoms with Gasteiger partial charge in [-0.2, -0.15) is 13.2 Å². The summed E-state index contributed by atoms with van der Waals surface area (Å²) in [6.45, 7) is 1.62. The van der Waals surface area contributed by atoms with Crippen molar-refractivity contribution >= 4 is 35.0 Å². The van der Waals surface area contributed by atoms with Gasteiger partial charge in [0.05, 0.1) is 16.5 Å². The smallest absolute Gasteiger partial charge is 0.325 e. The molecule has 0 bridgehead atoms. The molecule has 31 heavy (non-hydrogen) atoms. The molecular weight excluding hydrogens is 449 g/mol. The average Bonchev–Trinajstić information content (AvgIpc) is 3.49. The van der Waals surface area contributed by atoms with Crippen molar-refractivity contribution < 1.29 is 18.0 Å². The van der Waals surface area contributed by atoms with Gasteiger partial charge in [-0.3, -0.25) is 9.36 Å². The summed E-state index contributed by atoms with van der Waals surface area (Å²) in [5.41, 5.74) is -0.451. The van der Waals surface area contributed by atoms with Crippen molar-refractivity contribution in [3.8, 4) is 5.69 Å². The number of nitrogens with one attached hydrogen (secondary N) is 1. The molecule has 4 rings (SSSR count). The van der Waals surface area contributed by atoms with Gasteiger partial charge in [0.2, 0.25) is 5.91 Å². The number of thioether (sulfide) groups is 1. The summed E-state index contributed by atoms with van der Waals surface area (Å²) in [6, 6.07) is 12.8. The first-order valence-corrected chi connectivity index (χ1v) is 10.8. The molecular formula is C21H18ClF3N4OS. The van der Waals surface area contributed by atoms with Crippen molar-refractivity contribution in [3.05, 3.63) is 64.9 Å². The number of hydrogen-bond donors (Lipinski definition) is 1. The lowest BCUT2D eigenvalue weighted by atomic mass is 10.1. The number of hydrogen-bond acceptors (Lipinski definition) is 4. The van der Waals surface area contributed by atoms with E-state index in [2.05, 4.69) is 15.5 Å². The van der Waals surface area contributed by atoms with Crippen LogP contribution in [0.3, 0.4) is 0 Å². The van der Waals surface area contributed by atoms with Gasteiger partial charge >= 0.3 is 6.18 Å². The average molecular weight is 467 g/mol.